The number of carbonyl (C=O) groups is 3. The molecular weight excluding hydrogens is 497 g/mol. The molecule has 0 atom stereocenters. The molecule has 0 aliphatic heterocycles. The van der Waals surface area contributed by atoms with Gasteiger partial charge in [0.05, 0.1) is 34.9 Å². The second kappa shape index (κ2) is 11.9. The highest BCUT2D eigenvalue weighted by Crippen LogP contribution is 2.23. The third kappa shape index (κ3) is 7.24. The van der Waals surface area contributed by atoms with E-state index < -0.39 is 5.91 Å². The molecule has 3 amide bonds. The number of hydrogen-bond acceptors (Lipinski definition) is 6. The number of pyridine rings is 1. The normalized spacial score (nSPS) is 10.7. The minimum absolute atomic E-state index is 0.0743. The van der Waals surface area contributed by atoms with Gasteiger partial charge in [0.2, 0.25) is 11.8 Å². The largest absolute Gasteiger partial charge is 0.350 e. The number of hydrogen-bond donors (Lipinski definition) is 2. The van der Waals surface area contributed by atoms with Crippen LogP contribution in [0.3, 0.4) is 0 Å². The fourth-order valence-electron chi connectivity index (χ4n) is 2.98. The Morgan fingerprint density at radius 2 is 1.88 bits per heavy atom. The number of halogens is 2. The zero-order chi connectivity index (χ0) is 24.7. The maximum absolute atomic E-state index is 13.0. The molecule has 1 aromatic carbocycles. The van der Waals surface area contributed by atoms with Crippen molar-refractivity contribution in [3.8, 4) is 0 Å². The minimum Gasteiger partial charge on any atom is -0.350 e. The van der Waals surface area contributed by atoms with Crippen LogP contribution < -0.4 is 10.6 Å². The van der Waals surface area contributed by atoms with E-state index in [-0.39, 0.29) is 41.4 Å². The Labute approximate surface area is 211 Å². The number of nitrogens with zero attached hydrogens (tertiary/aromatic N) is 3. The molecule has 0 saturated carbocycles. The van der Waals surface area contributed by atoms with Crippen molar-refractivity contribution < 1.29 is 14.4 Å². The summed E-state index contributed by atoms with van der Waals surface area (Å²) in [7, 11) is 0. The predicted molar refractivity (Wildman–Crippen MR) is 133 cm³/mol. The average molecular weight is 520 g/mol. The Hall–Kier alpha value is -3.01. The first-order chi connectivity index (χ1) is 16.2. The first-order valence-electron chi connectivity index (χ1n) is 10.4. The lowest BCUT2D eigenvalue weighted by atomic mass is 10.1. The molecule has 11 heteroatoms. The van der Waals surface area contributed by atoms with Gasteiger partial charge >= 0.3 is 0 Å². The van der Waals surface area contributed by atoms with Crippen molar-refractivity contribution in [2.75, 3.05) is 11.9 Å². The molecule has 3 rings (SSSR count). The van der Waals surface area contributed by atoms with Gasteiger partial charge in [0, 0.05) is 22.6 Å². The molecule has 8 nitrogen and oxygen atoms in total. The molecule has 0 aliphatic rings. The van der Waals surface area contributed by atoms with Crippen molar-refractivity contribution in [2.24, 2.45) is 0 Å². The van der Waals surface area contributed by atoms with Crippen LogP contribution in [0, 0.1) is 0 Å². The summed E-state index contributed by atoms with van der Waals surface area (Å²) in [6.45, 7) is 3.75. The van der Waals surface area contributed by atoms with E-state index in [0.29, 0.717) is 22.4 Å². The molecule has 178 valence electrons. The van der Waals surface area contributed by atoms with Crippen LogP contribution in [0.5, 0.6) is 0 Å². The third-order valence-corrected chi connectivity index (χ3v) is 6.05. The molecule has 2 heterocycles. The van der Waals surface area contributed by atoms with Gasteiger partial charge in [-0.25, -0.2) is 4.98 Å². The summed E-state index contributed by atoms with van der Waals surface area (Å²) in [6.07, 6.45) is 1.74. The molecule has 3 aromatic rings. The Bertz CT molecular complexity index is 1170. The second-order valence-corrected chi connectivity index (χ2v) is 9.32. The summed E-state index contributed by atoms with van der Waals surface area (Å²) in [5.74, 6) is -0.992. The lowest BCUT2D eigenvalue weighted by Gasteiger charge is -2.26. The van der Waals surface area contributed by atoms with Crippen LogP contribution in [0.15, 0.2) is 48.0 Å². The molecule has 0 unspecified atom stereocenters. The molecule has 0 spiro atoms. The second-order valence-electron chi connectivity index (χ2n) is 7.62. The highest BCUT2D eigenvalue weighted by atomic mass is 35.5. The first-order valence-corrected chi connectivity index (χ1v) is 12.0. The zero-order valence-corrected chi connectivity index (χ0v) is 20.9. The van der Waals surface area contributed by atoms with Gasteiger partial charge in [-0.1, -0.05) is 29.3 Å². The Kier molecular flexibility index (Phi) is 8.98. The molecule has 0 fully saturated rings. The number of rotatable bonds is 9. The minimum atomic E-state index is -0.410. The van der Waals surface area contributed by atoms with E-state index in [9.17, 15) is 14.4 Å². The summed E-state index contributed by atoms with van der Waals surface area (Å²) in [6, 6.07) is 9.82. The quantitative estimate of drug-likeness (QED) is 0.440. The first kappa shape index (κ1) is 25.6. The average Bonchev–Trinajstić information content (AvgIpc) is 3.22. The molecule has 0 aliphatic carbocycles. The molecule has 2 aromatic heterocycles. The van der Waals surface area contributed by atoms with E-state index in [2.05, 4.69) is 20.6 Å². The highest BCUT2D eigenvalue weighted by Gasteiger charge is 2.24. The van der Waals surface area contributed by atoms with Crippen LogP contribution in [0.4, 0.5) is 5.13 Å². The zero-order valence-electron chi connectivity index (χ0n) is 18.5. The van der Waals surface area contributed by atoms with Crippen molar-refractivity contribution in [3.05, 3.63) is 75.0 Å². The van der Waals surface area contributed by atoms with Crippen molar-refractivity contribution in [3.63, 3.8) is 0 Å². The SMILES string of the molecule is CC(C)N(CC(=O)Nc1nc(CC(=O)NCc2ccccn2)cs1)C(=O)c1ccc(Cl)cc1Cl. The fraction of sp³-hybridized carbons (Fsp3) is 0.261. The third-order valence-electron chi connectivity index (χ3n) is 4.69. The maximum Gasteiger partial charge on any atom is 0.256 e. The summed E-state index contributed by atoms with van der Waals surface area (Å²) < 4.78 is 0. The highest BCUT2D eigenvalue weighted by molar-refractivity contribution is 7.13. The number of benzene rings is 1. The summed E-state index contributed by atoms with van der Waals surface area (Å²) in [5.41, 5.74) is 1.55. The van der Waals surface area contributed by atoms with E-state index in [1.807, 2.05) is 12.1 Å². The number of aromatic nitrogens is 2. The number of amides is 3. The van der Waals surface area contributed by atoms with Gasteiger partial charge in [0.15, 0.2) is 5.13 Å². The Morgan fingerprint density at radius 3 is 2.56 bits per heavy atom. The molecule has 0 bridgehead atoms. The van der Waals surface area contributed by atoms with E-state index in [1.54, 1.807) is 37.6 Å². The predicted octanol–water partition coefficient (Wildman–Crippen LogP) is 4.19. The standard InChI is InChI=1S/C23H23Cl2N5O3S/c1-14(2)30(22(33)18-7-6-15(24)9-19(18)25)12-21(32)29-23-28-17(13-34-23)10-20(31)27-11-16-5-3-4-8-26-16/h3-9,13-14H,10-12H2,1-2H3,(H,27,31)(H,28,29,32). The van der Waals surface area contributed by atoms with Crippen LogP contribution in [0.25, 0.3) is 0 Å². The van der Waals surface area contributed by atoms with E-state index in [1.165, 1.54) is 28.4 Å². The molecule has 34 heavy (non-hydrogen) atoms. The van der Waals surface area contributed by atoms with Gasteiger partial charge in [-0.3, -0.25) is 19.4 Å². The summed E-state index contributed by atoms with van der Waals surface area (Å²) in [5, 5.41) is 8.16. The van der Waals surface area contributed by atoms with Gasteiger partial charge in [0.25, 0.3) is 5.91 Å². The van der Waals surface area contributed by atoms with Gasteiger partial charge in [-0.05, 0) is 44.2 Å². The summed E-state index contributed by atoms with van der Waals surface area (Å²) >= 11 is 13.3. The van der Waals surface area contributed by atoms with Gasteiger partial charge < -0.3 is 15.5 Å². The van der Waals surface area contributed by atoms with Crippen molar-refractivity contribution in [1.82, 2.24) is 20.2 Å². The number of anilines is 1. The van der Waals surface area contributed by atoms with E-state index in [4.69, 9.17) is 23.2 Å². The topological polar surface area (TPSA) is 104 Å². The maximum atomic E-state index is 13.0. The molecule has 2 N–H and O–H groups in total. The summed E-state index contributed by atoms with van der Waals surface area (Å²) in [4.78, 5) is 47.6. The van der Waals surface area contributed by atoms with Crippen LogP contribution in [-0.2, 0) is 22.6 Å². The van der Waals surface area contributed by atoms with Gasteiger partial charge in [0.1, 0.15) is 6.54 Å². The number of carbonyl (C=O) groups excluding carboxylic acids is 3. The smallest absolute Gasteiger partial charge is 0.256 e. The van der Waals surface area contributed by atoms with E-state index in [0.717, 1.165) is 5.69 Å². The van der Waals surface area contributed by atoms with Crippen LogP contribution in [0.1, 0.15) is 35.6 Å². The van der Waals surface area contributed by atoms with Crippen molar-refractivity contribution >= 4 is 57.4 Å². The Balaban J connectivity index is 1.55. The monoisotopic (exact) mass is 519 g/mol. The van der Waals surface area contributed by atoms with Crippen molar-refractivity contribution in [2.45, 2.75) is 32.9 Å². The van der Waals surface area contributed by atoms with Crippen LogP contribution in [0.2, 0.25) is 10.0 Å². The van der Waals surface area contributed by atoms with Gasteiger partial charge in [-0.2, -0.15) is 0 Å². The lowest BCUT2D eigenvalue weighted by molar-refractivity contribution is -0.120. The molecule has 0 radical (unpaired) electrons. The Morgan fingerprint density at radius 1 is 1.09 bits per heavy atom. The van der Waals surface area contributed by atoms with E-state index >= 15 is 0 Å². The lowest BCUT2D eigenvalue weighted by Crippen LogP contribution is -2.42. The molecule has 0 saturated heterocycles. The number of nitrogens with one attached hydrogen (secondary N) is 2. The number of thiazole rings is 1. The van der Waals surface area contributed by atoms with Gasteiger partial charge in [-0.15, -0.1) is 11.3 Å². The van der Waals surface area contributed by atoms with Crippen LogP contribution in [-0.4, -0.2) is 45.2 Å². The molecular formula is C23H23Cl2N5O3S. The fourth-order valence-corrected chi connectivity index (χ4v) is 4.20. The van der Waals surface area contributed by atoms with Crippen LogP contribution >= 0.6 is 34.5 Å². The van der Waals surface area contributed by atoms with Crippen molar-refractivity contribution in [1.29, 1.82) is 0 Å².